The van der Waals surface area contributed by atoms with Crippen molar-refractivity contribution in [2.45, 2.75) is 26.0 Å². The predicted octanol–water partition coefficient (Wildman–Crippen LogP) is 3.92. The zero-order valence-corrected chi connectivity index (χ0v) is 12.6. The molecule has 2 N–H and O–H groups in total. The first-order chi connectivity index (χ1) is 9.15. The van der Waals surface area contributed by atoms with E-state index >= 15 is 0 Å². The van der Waals surface area contributed by atoms with Gasteiger partial charge in [-0.25, -0.2) is 0 Å². The third kappa shape index (κ3) is 4.37. The number of hydrogen-bond acceptors (Lipinski definition) is 2. The van der Waals surface area contributed by atoms with Gasteiger partial charge < -0.3 is 10.5 Å². The van der Waals surface area contributed by atoms with Gasteiger partial charge in [-0.1, -0.05) is 46.3 Å². The van der Waals surface area contributed by atoms with Gasteiger partial charge in [0.2, 0.25) is 0 Å². The summed E-state index contributed by atoms with van der Waals surface area (Å²) in [4.78, 5) is 0. The molecule has 2 nitrogen and oxygen atoms in total. The molecule has 0 saturated carbocycles. The molecule has 2 aromatic rings. The fourth-order valence-corrected chi connectivity index (χ4v) is 2.17. The third-order valence-corrected chi connectivity index (χ3v) is 3.35. The minimum absolute atomic E-state index is 0.137. The maximum absolute atomic E-state index is 5.89. The Hall–Kier alpha value is -1.32. The molecule has 0 radical (unpaired) electrons. The van der Waals surface area contributed by atoms with Crippen LogP contribution in [0.3, 0.4) is 0 Å². The van der Waals surface area contributed by atoms with Crippen molar-refractivity contribution in [3.63, 3.8) is 0 Å². The second-order valence-corrected chi connectivity index (χ2v) is 5.62. The average molecular weight is 320 g/mol. The Balaban J connectivity index is 2.04. The molecule has 2 rings (SSSR count). The second kappa shape index (κ2) is 6.73. The highest BCUT2D eigenvalue weighted by atomic mass is 79.9. The van der Waals surface area contributed by atoms with Gasteiger partial charge in [0.1, 0.15) is 12.4 Å². The highest BCUT2D eigenvalue weighted by Crippen LogP contribution is 2.21. The maximum atomic E-state index is 5.89. The Labute approximate surface area is 122 Å². The largest absolute Gasteiger partial charge is 0.489 e. The van der Waals surface area contributed by atoms with E-state index < -0.39 is 0 Å². The van der Waals surface area contributed by atoms with Gasteiger partial charge in [-0.15, -0.1) is 0 Å². The molecule has 19 heavy (non-hydrogen) atoms. The van der Waals surface area contributed by atoms with Crippen molar-refractivity contribution in [3.05, 3.63) is 64.1 Å². The summed E-state index contributed by atoms with van der Waals surface area (Å²) in [6, 6.07) is 16.4. The molecule has 0 aliphatic rings. The summed E-state index contributed by atoms with van der Waals surface area (Å²) in [5.74, 6) is 0.919. The Morgan fingerprint density at radius 2 is 1.79 bits per heavy atom. The first-order valence-electron chi connectivity index (χ1n) is 6.36. The van der Waals surface area contributed by atoms with E-state index in [1.807, 2.05) is 37.3 Å². The summed E-state index contributed by atoms with van der Waals surface area (Å²) in [5, 5.41) is 0. The lowest BCUT2D eigenvalue weighted by molar-refractivity contribution is 0.302. The van der Waals surface area contributed by atoms with Crippen molar-refractivity contribution in [2.75, 3.05) is 0 Å². The molecule has 0 aromatic heterocycles. The molecular formula is C16H18BrNO. The van der Waals surface area contributed by atoms with Crippen LogP contribution in [0.5, 0.6) is 5.75 Å². The summed E-state index contributed by atoms with van der Waals surface area (Å²) >= 11 is 3.43. The number of nitrogens with two attached hydrogens (primary N) is 1. The first kappa shape index (κ1) is 14.1. The van der Waals surface area contributed by atoms with Crippen LogP contribution in [-0.4, -0.2) is 6.04 Å². The van der Waals surface area contributed by atoms with Crippen LogP contribution >= 0.6 is 15.9 Å². The van der Waals surface area contributed by atoms with Gasteiger partial charge in [-0.05, 0) is 42.7 Å². The van der Waals surface area contributed by atoms with E-state index in [1.165, 1.54) is 0 Å². The van der Waals surface area contributed by atoms with Gasteiger partial charge >= 0.3 is 0 Å². The van der Waals surface area contributed by atoms with Gasteiger partial charge in [-0.3, -0.25) is 0 Å². The smallest absolute Gasteiger partial charge is 0.123 e. The van der Waals surface area contributed by atoms with E-state index in [1.54, 1.807) is 0 Å². The van der Waals surface area contributed by atoms with Crippen LogP contribution in [0.25, 0.3) is 0 Å². The second-order valence-electron chi connectivity index (χ2n) is 4.70. The molecule has 1 atom stereocenters. The zero-order chi connectivity index (χ0) is 13.7. The summed E-state index contributed by atoms with van der Waals surface area (Å²) in [5.41, 5.74) is 8.17. The van der Waals surface area contributed by atoms with Crippen LogP contribution in [0.1, 0.15) is 18.1 Å². The normalized spacial score (nSPS) is 12.2. The standard InChI is InChI=1S/C16H18BrNO/c1-12(18)10-14-4-2-3-5-16(14)19-11-13-6-8-15(17)9-7-13/h2-9,12H,10-11,18H2,1H3. The molecule has 3 heteroatoms. The molecule has 0 bridgehead atoms. The van der Waals surface area contributed by atoms with Gasteiger partial charge in [-0.2, -0.15) is 0 Å². The first-order valence-corrected chi connectivity index (χ1v) is 7.15. The molecule has 0 heterocycles. The van der Waals surface area contributed by atoms with Crippen LogP contribution in [-0.2, 0) is 13.0 Å². The van der Waals surface area contributed by atoms with Crippen LogP contribution in [0, 0.1) is 0 Å². The predicted molar refractivity (Wildman–Crippen MR) is 82.3 cm³/mol. The summed E-state index contributed by atoms with van der Waals surface area (Å²) in [6.45, 7) is 2.58. The van der Waals surface area contributed by atoms with E-state index in [4.69, 9.17) is 10.5 Å². The summed E-state index contributed by atoms with van der Waals surface area (Å²) in [6.07, 6.45) is 0.830. The Bertz CT molecular complexity index is 523. The fourth-order valence-electron chi connectivity index (χ4n) is 1.90. The molecule has 0 fully saturated rings. The van der Waals surface area contributed by atoms with E-state index in [0.29, 0.717) is 6.61 Å². The van der Waals surface area contributed by atoms with E-state index in [0.717, 1.165) is 27.8 Å². The lowest BCUT2D eigenvalue weighted by Crippen LogP contribution is -2.18. The molecule has 0 saturated heterocycles. The number of hydrogen-bond donors (Lipinski definition) is 1. The van der Waals surface area contributed by atoms with Crippen molar-refractivity contribution in [3.8, 4) is 5.75 Å². The zero-order valence-electron chi connectivity index (χ0n) is 11.0. The van der Waals surface area contributed by atoms with Crippen LogP contribution in [0.2, 0.25) is 0 Å². The van der Waals surface area contributed by atoms with Gasteiger partial charge in [0.05, 0.1) is 0 Å². The lowest BCUT2D eigenvalue weighted by atomic mass is 10.1. The molecule has 0 aliphatic heterocycles. The average Bonchev–Trinajstić information content (AvgIpc) is 2.39. The van der Waals surface area contributed by atoms with E-state index in [9.17, 15) is 0 Å². The Kier molecular flexibility index (Phi) is 5.00. The number of ether oxygens (including phenoxy) is 1. The van der Waals surface area contributed by atoms with Crippen molar-refractivity contribution in [1.29, 1.82) is 0 Å². The van der Waals surface area contributed by atoms with E-state index in [-0.39, 0.29) is 6.04 Å². The van der Waals surface area contributed by atoms with Gasteiger partial charge in [0, 0.05) is 10.5 Å². The molecule has 1 unspecified atom stereocenters. The lowest BCUT2D eigenvalue weighted by Gasteiger charge is -2.13. The number of halogens is 1. The highest BCUT2D eigenvalue weighted by Gasteiger charge is 2.05. The minimum atomic E-state index is 0.137. The van der Waals surface area contributed by atoms with E-state index in [2.05, 4.69) is 34.1 Å². The molecule has 0 spiro atoms. The van der Waals surface area contributed by atoms with Crippen molar-refractivity contribution < 1.29 is 4.74 Å². The SMILES string of the molecule is CC(N)Cc1ccccc1OCc1ccc(Br)cc1. The minimum Gasteiger partial charge on any atom is -0.489 e. The Morgan fingerprint density at radius 1 is 1.11 bits per heavy atom. The molecule has 100 valence electrons. The topological polar surface area (TPSA) is 35.2 Å². The molecule has 2 aromatic carbocycles. The van der Waals surface area contributed by atoms with Crippen LogP contribution in [0.15, 0.2) is 53.0 Å². The number of rotatable bonds is 5. The van der Waals surface area contributed by atoms with Crippen molar-refractivity contribution in [2.24, 2.45) is 5.73 Å². The monoisotopic (exact) mass is 319 g/mol. The molecular weight excluding hydrogens is 302 g/mol. The Morgan fingerprint density at radius 3 is 2.47 bits per heavy atom. The summed E-state index contributed by atoms with van der Waals surface area (Å²) < 4.78 is 6.97. The number of para-hydroxylation sites is 1. The maximum Gasteiger partial charge on any atom is 0.123 e. The molecule has 0 amide bonds. The van der Waals surface area contributed by atoms with Crippen molar-refractivity contribution >= 4 is 15.9 Å². The van der Waals surface area contributed by atoms with Crippen LogP contribution in [0.4, 0.5) is 0 Å². The molecule has 0 aliphatic carbocycles. The van der Waals surface area contributed by atoms with Gasteiger partial charge in [0.15, 0.2) is 0 Å². The van der Waals surface area contributed by atoms with Gasteiger partial charge in [0.25, 0.3) is 0 Å². The number of benzene rings is 2. The highest BCUT2D eigenvalue weighted by molar-refractivity contribution is 9.10. The third-order valence-electron chi connectivity index (χ3n) is 2.82. The van der Waals surface area contributed by atoms with Crippen LogP contribution < -0.4 is 10.5 Å². The summed E-state index contributed by atoms with van der Waals surface area (Å²) in [7, 11) is 0. The fraction of sp³-hybridized carbons (Fsp3) is 0.250. The quantitative estimate of drug-likeness (QED) is 0.906. The van der Waals surface area contributed by atoms with Crippen molar-refractivity contribution in [1.82, 2.24) is 0 Å².